The van der Waals surface area contributed by atoms with Gasteiger partial charge in [0.2, 0.25) is 0 Å². The summed E-state index contributed by atoms with van der Waals surface area (Å²) in [5.41, 5.74) is 6.09. The molecule has 1 saturated heterocycles. The Labute approximate surface area is 93.2 Å². The van der Waals surface area contributed by atoms with Crippen molar-refractivity contribution in [2.75, 3.05) is 13.1 Å². The summed E-state index contributed by atoms with van der Waals surface area (Å²) in [6, 6.07) is 1.39. The van der Waals surface area contributed by atoms with Crippen molar-refractivity contribution >= 4 is 0 Å². The summed E-state index contributed by atoms with van der Waals surface area (Å²) in [4.78, 5) is 2.76. The third-order valence-electron chi connectivity index (χ3n) is 5.17. The van der Waals surface area contributed by atoms with Crippen LogP contribution in [0, 0.1) is 17.8 Å². The summed E-state index contributed by atoms with van der Waals surface area (Å²) in [6.07, 6.45) is 7.26. The topological polar surface area (TPSA) is 29.3 Å². The molecule has 3 rings (SSSR count). The Bertz CT molecular complexity index is 241. The molecule has 3 aliphatic rings. The van der Waals surface area contributed by atoms with Crippen LogP contribution in [0.1, 0.15) is 39.0 Å². The molecule has 2 aliphatic carbocycles. The van der Waals surface area contributed by atoms with E-state index in [1.54, 1.807) is 0 Å². The van der Waals surface area contributed by atoms with E-state index in [9.17, 15) is 0 Å². The number of piperidine rings is 1. The summed E-state index contributed by atoms with van der Waals surface area (Å²) in [7, 11) is 0. The molecule has 2 bridgehead atoms. The zero-order valence-electron chi connectivity index (χ0n) is 9.86. The summed E-state index contributed by atoms with van der Waals surface area (Å²) in [5, 5.41) is 0. The normalized spacial score (nSPS) is 51.2. The maximum absolute atomic E-state index is 6.09. The highest BCUT2D eigenvalue weighted by Gasteiger charge is 2.43. The van der Waals surface area contributed by atoms with Crippen LogP contribution in [0.2, 0.25) is 0 Å². The lowest BCUT2D eigenvalue weighted by atomic mass is 9.88. The Balaban J connectivity index is 1.63. The number of likely N-dealkylation sites (tertiary alicyclic amines) is 1. The van der Waals surface area contributed by atoms with Crippen LogP contribution in [0.3, 0.4) is 0 Å². The molecule has 2 saturated carbocycles. The van der Waals surface area contributed by atoms with Crippen molar-refractivity contribution < 1.29 is 0 Å². The fourth-order valence-corrected chi connectivity index (χ4v) is 4.16. The summed E-state index contributed by atoms with van der Waals surface area (Å²) >= 11 is 0. The van der Waals surface area contributed by atoms with E-state index in [1.165, 1.54) is 45.2 Å². The summed E-state index contributed by atoms with van der Waals surface area (Å²) in [5.74, 6) is 2.82. The van der Waals surface area contributed by atoms with E-state index < -0.39 is 0 Å². The van der Waals surface area contributed by atoms with Crippen LogP contribution in [0.25, 0.3) is 0 Å². The van der Waals surface area contributed by atoms with Gasteiger partial charge in [0.25, 0.3) is 0 Å². The number of nitrogens with two attached hydrogens (primary N) is 1. The van der Waals surface area contributed by atoms with Gasteiger partial charge in [-0.1, -0.05) is 13.3 Å². The summed E-state index contributed by atoms with van der Waals surface area (Å²) in [6.45, 7) is 4.85. The van der Waals surface area contributed by atoms with Crippen molar-refractivity contribution in [1.82, 2.24) is 4.90 Å². The second-order valence-electron chi connectivity index (χ2n) is 6.17. The minimum Gasteiger partial charge on any atom is -0.327 e. The molecule has 0 aromatic rings. The number of rotatable bonds is 1. The van der Waals surface area contributed by atoms with Crippen LogP contribution >= 0.6 is 0 Å². The maximum atomic E-state index is 6.09. The molecular weight excluding hydrogens is 184 g/mol. The second-order valence-corrected chi connectivity index (χ2v) is 6.17. The molecular formula is C13H24N2. The molecule has 2 N–H and O–H groups in total. The van der Waals surface area contributed by atoms with Gasteiger partial charge in [-0.05, 0) is 50.0 Å². The lowest BCUT2D eigenvalue weighted by Gasteiger charge is -2.41. The van der Waals surface area contributed by atoms with Crippen molar-refractivity contribution in [3.63, 3.8) is 0 Å². The first kappa shape index (κ1) is 10.1. The van der Waals surface area contributed by atoms with Crippen molar-refractivity contribution in [3.05, 3.63) is 0 Å². The quantitative estimate of drug-likeness (QED) is 0.712. The molecule has 1 heterocycles. The van der Waals surface area contributed by atoms with Crippen LogP contribution in [0.5, 0.6) is 0 Å². The predicted molar refractivity (Wildman–Crippen MR) is 62.6 cm³/mol. The fraction of sp³-hybridized carbons (Fsp3) is 1.00. The molecule has 5 unspecified atom stereocenters. The monoisotopic (exact) mass is 208 g/mol. The van der Waals surface area contributed by atoms with Crippen LogP contribution in [-0.4, -0.2) is 30.1 Å². The molecule has 3 fully saturated rings. The average molecular weight is 208 g/mol. The number of nitrogens with zero attached hydrogens (tertiary/aromatic N) is 1. The SMILES string of the molecule is CC1CN(C2CC3CCC2C3)CCC1N. The fourth-order valence-electron chi connectivity index (χ4n) is 4.16. The van der Waals surface area contributed by atoms with E-state index in [1.807, 2.05) is 0 Å². The molecule has 15 heavy (non-hydrogen) atoms. The lowest BCUT2D eigenvalue weighted by Crippen LogP contribution is -2.51. The Morgan fingerprint density at radius 1 is 1.13 bits per heavy atom. The standard InChI is InChI=1S/C13H24N2/c1-9-8-15(5-4-12(9)14)13-7-10-2-3-11(13)6-10/h9-13H,2-8,14H2,1H3. The minimum absolute atomic E-state index is 0.458. The van der Waals surface area contributed by atoms with E-state index in [2.05, 4.69) is 11.8 Å². The first-order chi connectivity index (χ1) is 7.24. The molecule has 2 heteroatoms. The van der Waals surface area contributed by atoms with E-state index in [-0.39, 0.29) is 0 Å². The summed E-state index contributed by atoms with van der Waals surface area (Å²) < 4.78 is 0. The molecule has 0 aromatic heterocycles. The lowest BCUT2D eigenvalue weighted by molar-refractivity contribution is 0.0837. The Morgan fingerprint density at radius 3 is 2.60 bits per heavy atom. The van der Waals surface area contributed by atoms with Gasteiger partial charge in [0.15, 0.2) is 0 Å². The Hall–Kier alpha value is -0.0800. The third-order valence-corrected chi connectivity index (χ3v) is 5.17. The third kappa shape index (κ3) is 1.72. The van der Waals surface area contributed by atoms with Gasteiger partial charge in [-0.25, -0.2) is 0 Å². The van der Waals surface area contributed by atoms with Crippen molar-refractivity contribution in [2.24, 2.45) is 23.5 Å². The van der Waals surface area contributed by atoms with Gasteiger partial charge in [-0.3, -0.25) is 4.90 Å². The largest absolute Gasteiger partial charge is 0.327 e. The minimum atomic E-state index is 0.458. The smallest absolute Gasteiger partial charge is 0.0126 e. The first-order valence-corrected chi connectivity index (χ1v) is 6.73. The van der Waals surface area contributed by atoms with Crippen molar-refractivity contribution in [1.29, 1.82) is 0 Å². The van der Waals surface area contributed by atoms with E-state index in [0.717, 1.165) is 17.9 Å². The first-order valence-electron chi connectivity index (χ1n) is 6.73. The van der Waals surface area contributed by atoms with Gasteiger partial charge in [-0.2, -0.15) is 0 Å². The molecule has 86 valence electrons. The second kappa shape index (κ2) is 3.74. The molecule has 0 spiro atoms. The highest BCUT2D eigenvalue weighted by atomic mass is 15.2. The maximum Gasteiger partial charge on any atom is 0.0126 e. The molecule has 0 amide bonds. The van der Waals surface area contributed by atoms with Crippen LogP contribution < -0.4 is 5.73 Å². The van der Waals surface area contributed by atoms with Gasteiger partial charge >= 0.3 is 0 Å². The Kier molecular flexibility index (Phi) is 2.52. The molecule has 5 atom stereocenters. The van der Waals surface area contributed by atoms with Crippen LogP contribution in [0.15, 0.2) is 0 Å². The molecule has 0 radical (unpaired) electrons. The van der Waals surface area contributed by atoms with Gasteiger partial charge in [0.05, 0.1) is 0 Å². The van der Waals surface area contributed by atoms with Gasteiger partial charge < -0.3 is 5.73 Å². The van der Waals surface area contributed by atoms with E-state index >= 15 is 0 Å². The zero-order valence-corrected chi connectivity index (χ0v) is 9.86. The highest BCUT2D eigenvalue weighted by molar-refractivity contribution is 4.97. The van der Waals surface area contributed by atoms with Crippen molar-refractivity contribution in [2.45, 2.75) is 51.1 Å². The van der Waals surface area contributed by atoms with Gasteiger partial charge in [0, 0.05) is 18.6 Å². The van der Waals surface area contributed by atoms with E-state index in [0.29, 0.717) is 12.0 Å². The highest BCUT2D eigenvalue weighted by Crippen LogP contribution is 2.47. The van der Waals surface area contributed by atoms with E-state index in [4.69, 9.17) is 5.73 Å². The van der Waals surface area contributed by atoms with Crippen molar-refractivity contribution in [3.8, 4) is 0 Å². The molecule has 1 aliphatic heterocycles. The number of hydrogen-bond donors (Lipinski definition) is 1. The predicted octanol–water partition coefficient (Wildman–Crippen LogP) is 1.84. The van der Waals surface area contributed by atoms with Crippen LogP contribution in [0.4, 0.5) is 0 Å². The molecule has 0 aromatic carbocycles. The average Bonchev–Trinajstić information content (AvgIpc) is 2.83. The molecule has 2 nitrogen and oxygen atoms in total. The number of hydrogen-bond acceptors (Lipinski definition) is 2. The van der Waals surface area contributed by atoms with Crippen LogP contribution in [-0.2, 0) is 0 Å². The Morgan fingerprint density at radius 2 is 2.00 bits per heavy atom. The number of fused-ring (bicyclic) bond motifs is 2. The van der Waals surface area contributed by atoms with Gasteiger partial charge in [-0.15, -0.1) is 0 Å². The zero-order chi connectivity index (χ0) is 10.4. The van der Waals surface area contributed by atoms with Gasteiger partial charge in [0.1, 0.15) is 0 Å².